The Morgan fingerprint density at radius 3 is 2.43 bits per heavy atom. The van der Waals surface area contributed by atoms with Crippen molar-refractivity contribution in [1.82, 2.24) is 9.97 Å². The lowest BCUT2D eigenvalue weighted by Gasteiger charge is -2.09. The molecule has 0 aliphatic heterocycles. The van der Waals surface area contributed by atoms with Crippen LogP contribution in [0.4, 0.5) is 11.4 Å². The van der Waals surface area contributed by atoms with Crippen molar-refractivity contribution >= 4 is 68.0 Å². The third kappa shape index (κ3) is 4.67. The molecule has 0 saturated carbocycles. The molecule has 0 aliphatic carbocycles. The van der Waals surface area contributed by atoms with E-state index < -0.39 is 10.0 Å². The van der Waals surface area contributed by atoms with E-state index in [1.807, 2.05) is 42.7 Å². The van der Waals surface area contributed by atoms with Gasteiger partial charge in [-0.05, 0) is 48.0 Å². The molecule has 0 atom stereocenters. The third-order valence-electron chi connectivity index (χ3n) is 4.17. The molecule has 2 aromatic carbocycles. The van der Waals surface area contributed by atoms with Crippen molar-refractivity contribution in [3.63, 3.8) is 0 Å². The molecule has 0 unspecified atom stereocenters. The summed E-state index contributed by atoms with van der Waals surface area (Å²) in [4.78, 5) is 7.76. The molecule has 0 amide bonds. The van der Waals surface area contributed by atoms with Crippen LogP contribution in [0.1, 0.15) is 5.56 Å². The van der Waals surface area contributed by atoms with Crippen LogP contribution in [-0.4, -0.2) is 24.6 Å². The fourth-order valence-electron chi connectivity index (χ4n) is 3.05. The molecule has 148 valence electrons. The van der Waals surface area contributed by atoms with Gasteiger partial charge in [-0.2, -0.15) is 0 Å². The van der Waals surface area contributed by atoms with Crippen LogP contribution in [-0.2, 0) is 16.6 Å². The first-order chi connectivity index (χ1) is 12.5. The predicted octanol–water partition coefficient (Wildman–Crippen LogP) is 4.54. The SMILES string of the molecule is CS(=O)(=O)Nc1ccc(NCc2cnc3ccc4[nH]cccc4c23)cc1.Cl.Cl. The lowest BCUT2D eigenvalue weighted by molar-refractivity contribution is 0.607. The molecule has 0 aliphatic rings. The number of sulfonamides is 1. The Bertz CT molecular complexity index is 1190. The maximum Gasteiger partial charge on any atom is 0.229 e. The number of fused-ring (bicyclic) bond motifs is 3. The first-order valence-electron chi connectivity index (χ1n) is 8.15. The number of benzene rings is 2. The maximum atomic E-state index is 11.3. The average Bonchev–Trinajstić information content (AvgIpc) is 3.03. The fourth-order valence-corrected chi connectivity index (χ4v) is 3.61. The van der Waals surface area contributed by atoms with Crippen LogP contribution in [0, 0.1) is 0 Å². The summed E-state index contributed by atoms with van der Waals surface area (Å²) in [6.07, 6.45) is 4.94. The van der Waals surface area contributed by atoms with Crippen molar-refractivity contribution in [2.75, 3.05) is 16.3 Å². The predicted molar refractivity (Wildman–Crippen MR) is 120 cm³/mol. The fraction of sp³-hybridized carbons (Fsp3) is 0.105. The van der Waals surface area contributed by atoms with Crippen molar-refractivity contribution in [1.29, 1.82) is 0 Å². The molecule has 6 nitrogen and oxygen atoms in total. The summed E-state index contributed by atoms with van der Waals surface area (Å²) in [6.45, 7) is 0.628. The van der Waals surface area contributed by atoms with E-state index in [1.165, 1.54) is 0 Å². The number of aromatic nitrogens is 2. The number of rotatable bonds is 5. The number of pyridine rings is 1. The highest BCUT2D eigenvalue weighted by Crippen LogP contribution is 2.27. The number of anilines is 2. The minimum Gasteiger partial charge on any atom is -0.381 e. The minimum atomic E-state index is -3.26. The van der Waals surface area contributed by atoms with E-state index in [-0.39, 0.29) is 24.8 Å². The van der Waals surface area contributed by atoms with Crippen LogP contribution in [0.2, 0.25) is 0 Å². The molecule has 0 spiro atoms. The Balaban J connectivity index is 0.00000140. The van der Waals surface area contributed by atoms with Gasteiger partial charge in [-0.25, -0.2) is 8.42 Å². The average molecular weight is 439 g/mol. The zero-order valence-electron chi connectivity index (χ0n) is 15.0. The number of nitrogens with one attached hydrogen (secondary N) is 3. The lowest BCUT2D eigenvalue weighted by Crippen LogP contribution is -2.09. The Hall–Kier alpha value is -2.48. The maximum absolute atomic E-state index is 11.3. The second kappa shape index (κ2) is 8.68. The van der Waals surface area contributed by atoms with Crippen molar-refractivity contribution in [3.8, 4) is 0 Å². The number of hydrogen-bond donors (Lipinski definition) is 3. The third-order valence-corrected chi connectivity index (χ3v) is 4.78. The first-order valence-corrected chi connectivity index (χ1v) is 10.0. The van der Waals surface area contributed by atoms with E-state index in [9.17, 15) is 8.42 Å². The van der Waals surface area contributed by atoms with E-state index in [0.717, 1.165) is 39.3 Å². The number of aromatic amines is 1. The Labute approximate surface area is 175 Å². The Kier molecular flexibility index (Phi) is 6.77. The summed E-state index contributed by atoms with van der Waals surface area (Å²) in [7, 11) is -3.26. The van der Waals surface area contributed by atoms with Gasteiger partial charge in [0.05, 0.1) is 11.8 Å². The normalized spacial score (nSPS) is 10.9. The van der Waals surface area contributed by atoms with Crippen LogP contribution in [0.15, 0.2) is 60.9 Å². The standard InChI is InChI=1S/C19H18N4O2S.2ClH/c1-26(24,25)23-15-6-4-14(5-7-15)21-11-13-12-22-18-9-8-17-16(19(13)18)3-2-10-20-17;;/h2-10,12,20-21,23H,11H2,1H3;2*1H. The smallest absolute Gasteiger partial charge is 0.229 e. The molecule has 9 heteroatoms. The largest absolute Gasteiger partial charge is 0.381 e. The minimum absolute atomic E-state index is 0. The lowest BCUT2D eigenvalue weighted by atomic mass is 10.1. The topological polar surface area (TPSA) is 86.9 Å². The van der Waals surface area contributed by atoms with Gasteiger partial charge in [0.15, 0.2) is 0 Å². The molecule has 0 bridgehead atoms. The molecule has 3 N–H and O–H groups in total. The number of hydrogen-bond acceptors (Lipinski definition) is 4. The molecule has 4 aromatic rings. The molecule has 4 rings (SSSR count). The molecule has 0 fully saturated rings. The van der Waals surface area contributed by atoms with Gasteiger partial charge in [0.1, 0.15) is 0 Å². The van der Waals surface area contributed by atoms with Gasteiger partial charge >= 0.3 is 0 Å². The highest BCUT2D eigenvalue weighted by molar-refractivity contribution is 7.92. The molecule has 2 aromatic heterocycles. The molecule has 28 heavy (non-hydrogen) atoms. The van der Waals surface area contributed by atoms with Gasteiger partial charge in [0.25, 0.3) is 0 Å². The molecule has 0 radical (unpaired) electrons. The second-order valence-corrected chi connectivity index (χ2v) is 7.93. The number of nitrogens with zero attached hydrogens (tertiary/aromatic N) is 1. The summed E-state index contributed by atoms with van der Waals surface area (Å²) in [5.41, 5.74) is 4.61. The van der Waals surface area contributed by atoms with Crippen molar-refractivity contribution in [3.05, 3.63) is 66.5 Å². The van der Waals surface area contributed by atoms with Gasteiger partial charge in [0.2, 0.25) is 10.0 Å². The summed E-state index contributed by atoms with van der Waals surface area (Å²) in [6, 6.07) is 15.3. The van der Waals surface area contributed by atoms with Gasteiger partial charge < -0.3 is 10.3 Å². The molecular formula is C19H20Cl2N4O2S. The van der Waals surface area contributed by atoms with Crippen LogP contribution < -0.4 is 10.0 Å². The van der Waals surface area contributed by atoms with Crippen molar-refractivity contribution in [2.24, 2.45) is 0 Å². The van der Waals surface area contributed by atoms with Gasteiger partial charge in [-0.1, -0.05) is 6.07 Å². The number of H-pyrrole nitrogens is 1. The Morgan fingerprint density at radius 1 is 1.00 bits per heavy atom. The summed E-state index contributed by atoms with van der Waals surface area (Å²) < 4.78 is 25.0. The second-order valence-electron chi connectivity index (χ2n) is 6.18. The van der Waals surface area contributed by atoms with Crippen molar-refractivity contribution < 1.29 is 8.42 Å². The highest BCUT2D eigenvalue weighted by Gasteiger charge is 2.09. The molecule has 2 heterocycles. The van der Waals surface area contributed by atoms with E-state index in [2.05, 4.69) is 26.1 Å². The van der Waals surface area contributed by atoms with E-state index in [0.29, 0.717) is 12.2 Å². The zero-order chi connectivity index (χ0) is 18.1. The quantitative estimate of drug-likeness (QED) is 0.426. The molecule has 0 saturated heterocycles. The van der Waals surface area contributed by atoms with Gasteiger partial charge in [-0.3, -0.25) is 9.71 Å². The molecular weight excluding hydrogens is 419 g/mol. The van der Waals surface area contributed by atoms with Crippen LogP contribution in [0.3, 0.4) is 0 Å². The summed E-state index contributed by atoms with van der Waals surface area (Å²) in [5, 5.41) is 5.65. The van der Waals surface area contributed by atoms with E-state index in [1.54, 1.807) is 12.1 Å². The summed E-state index contributed by atoms with van der Waals surface area (Å²) in [5.74, 6) is 0. The van der Waals surface area contributed by atoms with Gasteiger partial charge in [0, 0.05) is 46.6 Å². The van der Waals surface area contributed by atoms with Crippen molar-refractivity contribution in [2.45, 2.75) is 6.54 Å². The first kappa shape index (κ1) is 21.8. The zero-order valence-corrected chi connectivity index (χ0v) is 17.4. The highest BCUT2D eigenvalue weighted by atomic mass is 35.5. The Morgan fingerprint density at radius 2 is 1.71 bits per heavy atom. The van der Waals surface area contributed by atoms with Crippen LogP contribution in [0.25, 0.3) is 21.8 Å². The van der Waals surface area contributed by atoms with E-state index >= 15 is 0 Å². The van der Waals surface area contributed by atoms with Crippen LogP contribution in [0.5, 0.6) is 0 Å². The summed E-state index contributed by atoms with van der Waals surface area (Å²) >= 11 is 0. The van der Waals surface area contributed by atoms with Gasteiger partial charge in [-0.15, -0.1) is 24.8 Å². The van der Waals surface area contributed by atoms with E-state index in [4.69, 9.17) is 0 Å². The van der Waals surface area contributed by atoms with Crippen LogP contribution >= 0.6 is 24.8 Å². The monoisotopic (exact) mass is 438 g/mol. The number of halogens is 2.